The van der Waals surface area contributed by atoms with Crippen LogP contribution in [-0.2, 0) is 6.54 Å². The van der Waals surface area contributed by atoms with Crippen molar-refractivity contribution < 1.29 is 0 Å². The van der Waals surface area contributed by atoms with Gasteiger partial charge in [-0.15, -0.1) is 0 Å². The molecule has 2 nitrogen and oxygen atoms in total. The number of hydrogen-bond donors (Lipinski definition) is 1. The van der Waals surface area contributed by atoms with Gasteiger partial charge in [0.05, 0.1) is 10.7 Å². The molecule has 0 saturated heterocycles. The fraction of sp³-hybridized carbons (Fsp3) is 0.500. The highest BCUT2D eigenvalue weighted by molar-refractivity contribution is 6.33. The van der Waals surface area contributed by atoms with Crippen LogP contribution in [0.25, 0.3) is 0 Å². The van der Waals surface area contributed by atoms with Crippen LogP contribution in [0.3, 0.4) is 0 Å². The summed E-state index contributed by atoms with van der Waals surface area (Å²) in [6.07, 6.45) is 2.73. The van der Waals surface area contributed by atoms with Crippen LogP contribution in [0.2, 0.25) is 5.02 Å². The summed E-state index contributed by atoms with van der Waals surface area (Å²) in [6.45, 7) is 1.66. The summed E-state index contributed by atoms with van der Waals surface area (Å²) < 4.78 is 0. The molecule has 2 rings (SSSR count). The Morgan fingerprint density at radius 3 is 2.73 bits per heavy atom. The molecule has 82 valence electrons. The minimum Gasteiger partial charge on any atom is -0.373 e. The van der Waals surface area contributed by atoms with E-state index in [9.17, 15) is 0 Å². The zero-order chi connectivity index (χ0) is 10.8. The third-order valence-corrected chi connectivity index (χ3v) is 3.19. The molecule has 0 aromatic heterocycles. The second kappa shape index (κ2) is 4.42. The Hall–Kier alpha value is -0.730. The number of halogens is 1. The van der Waals surface area contributed by atoms with Crippen molar-refractivity contribution in [3.63, 3.8) is 0 Å². The SMILES string of the molecule is CN(CC1CC1)c1ccc(CN)cc1Cl. The smallest absolute Gasteiger partial charge is 0.0642 e. The van der Waals surface area contributed by atoms with Gasteiger partial charge in [0.1, 0.15) is 0 Å². The molecular weight excluding hydrogens is 208 g/mol. The molecule has 2 N–H and O–H groups in total. The largest absolute Gasteiger partial charge is 0.373 e. The van der Waals surface area contributed by atoms with E-state index in [0.717, 1.165) is 28.7 Å². The molecule has 1 fully saturated rings. The van der Waals surface area contributed by atoms with E-state index in [2.05, 4.69) is 18.0 Å². The lowest BCUT2D eigenvalue weighted by Gasteiger charge is -2.20. The van der Waals surface area contributed by atoms with E-state index in [1.54, 1.807) is 0 Å². The van der Waals surface area contributed by atoms with E-state index in [1.807, 2.05) is 12.1 Å². The van der Waals surface area contributed by atoms with E-state index < -0.39 is 0 Å². The number of rotatable bonds is 4. The summed E-state index contributed by atoms with van der Waals surface area (Å²) >= 11 is 6.21. The standard InChI is InChI=1S/C12H17ClN2/c1-15(8-9-2-3-9)12-5-4-10(7-14)6-11(12)13/h4-6,9H,2-3,7-8,14H2,1H3. The average Bonchev–Trinajstić information content (AvgIpc) is 3.01. The van der Waals surface area contributed by atoms with Gasteiger partial charge in [-0.3, -0.25) is 0 Å². The molecule has 0 heterocycles. The van der Waals surface area contributed by atoms with E-state index in [1.165, 1.54) is 12.8 Å². The second-order valence-electron chi connectivity index (χ2n) is 4.31. The van der Waals surface area contributed by atoms with Gasteiger partial charge in [0.15, 0.2) is 0 Å². The summed E-state index contributed by atoms with van der Waals surface area (Å²) in [4.78, 5) is 2.24. The Balaban J connectivity index is 2.11. The number of hydrogen-bond acceptors (Lipinski definition) is 2. The minimum absolute atomic E-state index is 0.548. The van der Waals surface area contributed by atoms with Crippen LogP contribution in [0.1, 0.15) is 18.4 Å². The molecule has 1 aliphatic carbocycles. The first kappa shape index (κ1) is 10.8. The molecule has 1 saturated carbocycles. The van der Waals surface area contributed by atoms with Gasteiger partial charge in [0, 0.05) is 20.1 Å². The lowest BCUT2D eigenvalue weighted by Crippen LogP contribution is -2.20. The van der Waals surface area contributed by atoms with Gasteiger partial charge in [-0.2, -0.15) is 0 Å². The van der Waals surface area contributed by atoms with Crippen molar-refractivity contribution in [1.29, 1.82) is 0 Å². The zero-order valence-corrected chi connectivity index (χ0v) is 9.80. The topological polar surface area (TPSA) is 29.3 Å². The summed E-state index contributed by atoms with van der Waals surface area (Å²) in [6, 6.07) is 6.07. The Morgan fingerprint density at radius 2 is 2.20 bits per heavy atom. The molecule has 0 spiro atoms. The highest BCUT2D eigenvalue weighted by Gasteiger charge is 2.23. The molecule has 1 aromatic rings. The van der Waals surface area contributed by atoms with Crippen molar-refractivity contribution in [3.8, 4) is 0 Å². The summed E-state index contributed by atoms with van der Waals surface area (Å²) in [5, 5.41) is 0.807. The molecule has 0 bridgehead atoms. The molecule has 1 aliphatic rings. The highest BCUT2D eigenvalue weighted by Crippen LogP contribution is 2.33. The molecule has 0 aliphatic heterocycles. The lowest BCUT2D eigenvalue weighted by molar-refractivity contribution is 0.787. The van der Waals surface area contributed by atoms with Gasteiger partial charge in [0.25, 0.3) is 0 Å². The van der Waals surface area contributed by atoms with Gasteiger partial charge in [-0.1, -0.05) is 17.7 Å². The van der Waals surface area contributed by atoms with Gasteiger partial charge in [-0.05, 0) is 36.5 Å². The van der Waals surface area contributed by atoms with Crippen molar-refractivity contribution in [2.24, 2.45) is 11.7 Å². The normalized spacial score (nSPS) is 15.4. The van der Waals surface area contributed by atoms with Crippen LogP contribution in [-0.4, -0.2) is 13.6 Å². The maximum Gasteiger partial charge on any atom is 0.0642 e. The van der Waals surface area contributed by atoms with E-state index in [0.29, 0.717) is 6.54 Å². The Labute approximate surface area is 96.0 Å². The number of anilines is 1. The van der Waals surface area contributed by atoms with Gasteiger partial charge in [0.2, 0.25) is 0 Å². The van der Waals surface area contributed by atoms with Crippen molar-refractivity contribution in [3.05, 3.63) is 28.8 Å². The molecule has 3 heteroatoms. The summed E-state index contributed by atoms with van der Waals surface area (Å²) in [7, 11) is 2.10. The van der Waals surface area contributed by atoms with Crippen molar-refractivity contribution in [2.75, 3.05) is 18.5 Å². The molecule has 15 heavy (non-hydrogen) atoms. The Kier molecular flexibility index (Phi) is 3.17. The van der Waals surface area contributed by atoms with Crippen LogP contribution in [0, 0.1) is 5.92 Å². The predicted molar refractivity (Wildman–Crippen MR) is 65.3 cm³/mol. The third-order valence-electron chi connectivity index (χ3n) is 2.89. The maximum absolute atomic E-state index is 6.21. The first-order chi connectivity index (χ1) is 7.20. The quantitative estimate of drug-likeness (QED) is 0.852. The van der Waals surface area contributed by atoms with Crippen LogP contribution >= 0.6 is 11.6 Å². The van der Waals surface area contributed by atoms with Gasteiger partial charge >= 0.3 is 0 Å². The molecule has 1 aromatic carbocycles. The third kappa shape index (κ3) is 2.64. The molecule has 0 unspecified atom stereocenters. The van der Waals surface area contributed by atoms with Crippen LogP contribution in [0.4, 0.5) is 5.69 Å². The molecule has 0 radical (unpaired) electrons. The van der Waals surface area contributed by atoms with Crippen molar-refractivity contribution in [2.45, 2.75) is 19.4 Å². The van der Waals surface area contributed by atoms with E-state index in [-0.39, 0.29) is 0 Å². The van der Waals surface area contributed by atoms with Crippen LogP contribution < -0.4 is 10.6 Å². The number of nitrogens with two attached hydrogens (primary N) is 1. The summed E-state index contributed by atoms with van der Waals surface area (Å²) in [5.41, 5.74) is 7.76. The van der Waals surface area contributed by atoms with Crippen molar-refractivity contribution in [1.82, 2.24) is 0 Å². The highest BCUT2D eigenvalue weighted by atomic mass is 35.5. The average molecular weight is 225 g/mol. The van der Waals surface area contributed by atoms with Crippen molar-refractivity contribution >= 4 is 17.3 Å². The number of nitrogens with zero attached hydrogens (tertiary/aromatic N) is 1. The maximum atomic E-state index is 6.21. The fourth-order valence-electron chi connectivity index (χ4n) is 1.77. The zero-order valence-electron chi connectivity index (χ0n) is 9.04. The van der Waals surface area contributed by atoms with E-state index >= 15 is 0 Å². The predicted octanol–water partition coefficient (Wildman–Crippen LogP) is 2.64. The van der Waals surface area contributed by atoms with Crippen LogP contribution in [0.5, 0.6) is 0 Å². The van der Waals surface area contributed by atoms with E-state index in [4.69, 9.17) is 17.3 Å². The lowest BCUT2D eigenvalue weighted by atomic mass is 10.2. The monoisotopic (exact) mass is 224 g/mol. The first-order valence-electron chi connectivity index (χ1n) is 5.40. The summed E-state index contributed by atoms with van der Waals surface area (Å²) in [5.74, 6) is 0.875. The molecular formula is C12H17ClN2. The van der Waals surface area contributed by atoms with Gasteiger partial charge < -0.3 is 10.6 Å². The Bertz CT molecular complexity index is 347. The molecule has 0 atom stereocenters. The number of benzene rings is 1. The fourth-order valence-corrected chi connectivity index (χ4v) is 2.12. The first-order valence-corrected chi connectivity index (χ1v) is 5.78. The molecule has 0 amide bonds. The second-order valence-corrected chi connectivity index (χ2v) is 4.72. The van der Waals surface area contributed by atoms with Crippen LogP contribution in [0.15, 0.2) is 18.2 Å². The van der Waals surface area contributed by atoms with Gasteiger partial charge in [-0.25, -0.2) is 0 Å². The Morgan fingerprint density at radius 1 is 1.47 bits per heavy atom. The minimum atomic E-state index is 0.548.